The standard InChI is InChI=1S/C22H23FN2O4/c1-12-8-15(23)10-16-19(28-4)11-17(25-21(12)16)22(26)24-13(2)14-6-7-18(27-3)20(9-14)29-5/h6-11,13H,1-5H3,(H,24,26)/t13-/m1/s1. The summed E-state index contributed by atoms with van der Waals surface area (Å²) in [5.41, 5.74) is 2.19. The zero-order valence-electron chi connectivity index (χ0n) is 17.0. The van der Waals surface area contributed by atoms with Gasteiger partial charge in [-0.05, 0) is 49.2 Å². The van der Waals surface area contributed by atoms with Crippen molar-refractivity contribution in [3.8, 4) is 17.2 Å². The maximum atomic E-state index is 13.8. The number of carbonyl (C=O) groups is 1. The van der Waals surface area contributed by atoms with E-state index in [0.717, 1.165) is 5.56 Å². The van der Waals surface area contributed by atoms with Crippen molar-refractivity contribution in [2.75, 3.05) is 21.3 Å². The number of halogens is 1. The second-order valence-electron chi connectivity index (χ2n) is 6.64. The van der Waals surface area contributed by atoms with Crippen LogP contribution in [0, 0.1) is 12.7 Å². The highest BCUT2D eigenvalue weighted by Crippen LogP contribution is 2.31. The Labute approximate surface area is 168 Å². The van der Waals surface area contributed by atoms with E-state index in [1.54, 1.807) is 27.2 Å². The van der Waals surface area contributed by atoms with E-state index in [1.807, 2.05) is 19.1 Å². The number of aryl methyl sites for hydroxylation is 1. The summed E-state index contributed by atoms with van der Waals surface area (Å²) in [6.07, 6.45) is 0. The molecule has 0 aliphatic rings. The molecule has 0 aliphatic carbocycles. The molecule has 1 N–H and O–H groups in total. The van der Waals surface area contributed by atoms with Crippen molar-refractivity contribution >= 4 is 16.8 Å². The summed E-state index contributed by atoms with van der Waals surface area (Å²) < 4.78 is 29.7. The van der Waals surface area contributed by atoms with Crippen LogP contribution >= 0.6 is 0 Å². The molecular formula is C22H23FN2O4. The first-order valence-electron chi connectivity index (χ1n) is 9.05. The van der Waals surface area contributed by atoms with Crippen LogP contribution in [0.1, 0.15) is 34.6 Å². The van der Waals surface area contributed by atoms with Crippen LogP contribution in [0.25, 0.3) is 10.9 Å². The van der Waals surface area contributed by atoms with Gasteiger partial charge in [0, 0.05) is 11.5 Å². The van der Waals surface area contributed by atoms with Gasteiger partial charge in [0.2, 0.25) is 0 Å². The fourth-order valence-electron chi connectivity index (χ4n) is 3.19. The first kappa shape index (κ1) is 20.4. The SMILES string of the molecule is COc1ccc([C@@H](C)NC(=O)c2cc(OC)c3cc(F)cc(C)c3n2)cc1OC. The number of ether oxygens (including phenoxy) is 3. The molecule has 3 aromatic rings. The number of nitrogens with one attached hydrogen (secondary N) is 1. The highest BCUT2D eigenvalue weighted by molar-refractivity contribution is 5.98. The van der Waals surface area contributed by atoms with Crippen molar-refractivity contribution < 1.29 is 23.4 Å². The molecule has 0 aliphatic heterocycles. The van der Waals surface area contributed by atoms with Crippen LogP contribution in [-0.4, -0.2) is 32.2 Å². The molecule has 0 bridgehead atoms. The Balaban J connectivity index is 1.91. The Morgan fingerprint density at radius 1 is 1.00 bits per heavy atom. The molecule has 1 heterocycles. The summed E-state index contributed by atoms with van der Waals surface area (Å²) in [5, 5.41) is 3.44. The molecule has 152 valence electrons. The molecule has 1 aromatic heterocycles. The lowest BCUT2D eigenvalue weighted by Gasteiger charge is -2.17. The van der Waals surface area contributed by atoms with Gasteiger partial charge in [0.1, 0.15) is 17.3 Å². The lowest BCUT2D eigenvalue weighted by Crippen LogP contribution is -2.27. The second kappa shape index (κ2) is 8.34. The summed E-state index contributed by atoms with van der Waals surface area (Å²) in [5.74, 6) is 0.833. The molecule has 0 spiro atoms. The second-order valence-corrected chi connectivity index (χ2v) is 6.64. The Bertz CT molecular complexity index is 1070. The normalized spacial score (nSPS) is 11.8. The van der Waals surface area contributed by atoms with E-state index in [4.69, 9.17) is 14.2 Å². The minimum absolute atomic E-state index is 0.191. The van der Waals surface area contributed by atoms with Gasteiger partial charge in [0.15, 0.2) is 11.5 Å². The lowest BCUT2D eigenvalue weighted by molar-refractivity contribution is 0.0935. The molecule has 6 nitrogen and oxygen atoms in total. The van der Waals surface area contributed by atoms with Crippen molar-refractivity contribution in [3.63, 3.8) is 0 Å². The number of rotatable bonds is 6. The van der Waals surface area contributed by atoms with Gasteiger partial charge in [-0.25, -0.2) is 9.37 Å². The van der Waals surface area contributed by atoms with Crippen LogP contribution < -0.4 is 19.5 Å². The number of carbonyl (C=O) groups excluding carboxylic acids is 1. The van der Waals surface area contributed by atoms with Gasteiger partial charge in [0.05, 0.1) is 32.9 Å². The predicted molar refractivity (Wildman–Crippen MR) is 108 cm³/mol. The molecule has 29 heavy (non-hydrogen) atoms. The number of hydrogen-bond acceptors (Lipinski definition) is 5. The summed E-state index contributed by atoms with van der Waals surface area (Å²) in [6, 6.07) is 9.38. The van der Waals surface area contributed by atoms with Crippen molar-refractivity contribution in [1.82, 2.24) is 10.3 Å². The molecule has 0 unspecified atom stereocenters. The summed E-state index contributed by atoms with van der Waals surface area (Å²) >= 11 is 0. The largest absolute Gasteiger partial charge is 0.496 e. The molecule has 1 atom stereocenters. The van der Waals surface area contributed by atoms with Gasteiger partial charge < -0.3 is 19.5 Å². The topological polar surface area (TPSA) is 69.7 Å². The number of nitrogens with zero attached hydrogens (tertiary/aromatic N) is 1. The van der Waals surface area contributed by atoms with E-state index in [2.05, 4.69) is 10.3 Å². The minimum atomic E-state index is -0.380. The summed E-state index contributed by atoms with van der Waals surface area (Å²) in [6.45, 7) is 3.60. The molecule has 0 saturated heterocycles. The first-order chi connectivity index (χ1) is 13.9. The van der Waals surface area contributed by atoms with Gasteiger partial charge in [-0.3, -0.25) is 4.79 Å². The molecule has 1 amide bonds. The predicted octanol–water partition coefficient (Wildman–Crippen LogP) is 4.20. The minimum Gasteiger partial charge on any atom is -0.496 e. The van der Waals surface area contributed by atoms with Crippen LogP contribution in [0.15, 0.2) is 36.4 Å². The first-order valence-corrected chi connectivity index (χ1v) is 9.05. The van der Waals surface area contributed by atoms with Gasteiger partial charge in [0.25, 0.3) is 5.91 Å². The third-order valence-corrected chi connectivity index (χ3v) is 4.74. The molecule has 2 aromatic carbocycles. The third kappa shape index (κ3) is 4.08. The van der Waals surface area contributed by atoms with E-state index in [1.165, 1.54) is 25.3 Å². The van der Waals surface area contributed by atoms with Crippen molar-refractivity contribution in [1.29, 1.82) is 0 Å². The van der Waals surface area contributed by atoms with E-state index < -0.39 is 0 Å². The van der Waals surface area contributed by atoms with Crippen LogP contribution in [0.4, 0.5) is 4.39 Å². The van der Waals surface area contributed by atoms with Crippen molar-refractivity contribution in [3.05, 3.63) is 59.0 Å². The van der Waals surface area contributed by atoms with Gasteiger partial charge in [-0.1, -0.05) is 6.07 Å². The van der Waals surface area contributed by atoms with E-state index in [9.17, 15) is 9.18 Å². The maximum absolute atomic E-state index is 13.8. The average molecular weight is 398 g/mol. The van der Waals surface area contributed by atoms with E-state index in [-0.39, 0.29) is 23.5 Å². The highest BCUT2D eigenvalue weighted by atomic mass is 19.1. The van der Waals surface area contributed by atoms with Crippen molar-refractivity contribution in [2.24, 2.45) is 0 Å². The average Bonchev–Trinajstić information content (AvgIpc) is 2.72. The maximum Gasteiger partial charge on any atom is 0.270 e. The van der Waals surface area contributed by atoms with Gasteiger partial charge in [-0.2, -0.15) is 0 Å². The summed E-state index contributed by atoms with van der Waals surface area (Å²) in [7, 11) is 4.60. The lowest BCUT2D eigenvalue weighted by atomic mass is 10.1. The molecule has 7 heteroatoms. The number of aromatic nitrogens is 1. The molecule has 3 rings (SSSR count). The fraction of sp³-hybridized carbons (Fsp3) is 0.273. The number of fused-ring (bicyclic) bond motifs is 1. The third-order valence-electron chi connectivity index (χ3n) is 4.74. The molecule has 0 radical (unpaired) electrons. The number of pyridine rings is 1. The Hall–Kier alpha value is -3.35. The smallest absolute Gasteiger partial charge is 0.270 e. The van der Waals surface area contributed by atoms with Crippen LogP contribution in [0.5, 0.6) is 17.2 Å². The summed E-state index contributed by atoms with van der Waals surface area (Å²) in [4.78, 5) is 17.3. The number of amides is 1. The van der Waals surface area contributed by atoms with Crippen LogP contribution in [0.2, 0.25) is 0 Å². The Morgan fingerprint density at radius 2 is 1.69 bits per heavy atom. The monoisotopic (exact) mass is 398 g/mol. The molecular weight excluding hydrogens is 375 g/mol. The Morgan fingerprint density at radius 3 is 2.34 bits per heavy atom. The number of hydrogen-bond donors (Lipinski definition) is 1. The number of benzene rings is 2. The molecule has 0 saturated carbocycles. The zero-order chi connectivity index (χ0) is 21.1. The molecule has 0 fully saturated rings. The Kier molecular flexibility index (Phi) is 5.87. The number of methoxy groups -OCH3 is 3. The van der Waals surface area contributed by atoms with E-state index in [0.29, 0.717) is 33.7 Å². The van der Waals surface area contributed by atoms with Gasteiger partial charge >= 0.3 is 0 Å². The fourth-order valence-corrected chi connectivity index (χ4v) is 3.19. The van der Waals surface area contributed by atoms with Gasteiger partial charge in [-0.15, -0.1) is 0 Å². The zero-order valence-corrected chi connectivity index (χ0v) is 17.0. The van der Waals surface area contributed by atoms with Crippen molar-refractivity contribution in [2.45, 2.75) is 19.9 Å². The highest BCUT2D eigenvalue weighted by Gasteiger charge is 2.18. The quantitative estimate of drug-likeness (QED) is 0.674. The van der Waals surface area contributed by atoms with Crippen LogP contribution in [-0.2, 0) is 0 Å². The van der Waals surface area contributed by atoms with Crippen LogP contribution in [0.3, 0.4) is 0 Å². The van der Waals surface area contributed by atoms with E-state index >= 15 is 0 Å².